The van der Waals surface area contributed by atoms with Crippen LogP contribution >= 0.6 is 0 Å². The smallest absolute Gasteiger partial charge is 0.227 e. The van der Waals surface area contributed by atoms with E-state index in [-0.39, 0.29) is 11.9 Å². The Balaban J connectivity index is 1.54. The van der Waals surface area contributed by atoms with Crippen molar-refractivity contribution in [2.45, 2.75) is 25.3 Å². The van der Waals surface area contributed by atoms with Crippen LogP contribution in [-0.4, -0.2) is 22.3 Å². The normalized spacial score (nSPS) is 17.3. The van der Waals surface area contributed by atoms with E-state index in [1.807, 2.05) is 29.2 Å². The summed E-state index contributed by atoms with van der Waals surface area (Å²) >= 11 is 0. The SMILES string of the molecule is O=C(Cc1ccc2ccccc2c1)N1CCC[C@@H]1c1ccncc1. The number of hydrogen-bond acceptors (Lipinski definition) is 2. The summed E-state index contributed by atoms with van der Waals surface area (Å²) in [7, 11) is 0. The van der Waals surface area contributed by atoms with E-state index in [1.54, 1.807) is 12.4 Å². The highest BCUT2D eigenvalue weighted by molar-refractivity contribution is 5.85. The molecule has 3 heteroatoms. The van der Waals surface area contributed by atoms with Gasteiger partial charge in [0.15, 0.2) is 0 Å². The van der Waals surface area contributed by atoms with Gasteiger partial charge >= 0.3 is 0 Å². The van der Waals surface area contributed by atoms with Crippen molar-refractivity contribution >= 4 is 16.7 Å². The highest BCUT2D eigenvalue weighted by atomic mass is 16.2. The third kappa shape index (κ3) is 2.90. The van der Waals surface area contributed by atoms with E-state index in [2.05, 4.69) is 35.3 Å². The molecule has 2 aromatic carbocycles. The Bertz CT molecular complexity index is 860. The third-order valence-corrected chi connectivity index (χ3v) is 4.83. The maximum absolute atomic E-state index is 12.8. The van der Waals surface area contributed by atoms with Crippen LogP contribution in [0.3, 0.4) is 0 Å². The fraction of sp³-hybridized carbons (Fsp3) is 0.238. The van der Waals surface area contributed by atoms with Crippen LogP contribution in [0.1, 0.15) is 30.0 Å². The first-order valence-electron chi connectivity index (χ1n) is 8.48. The quantitative estimate of drug-likeness (QED) is 0.727. The molecule has 3 aromatic rings. The number of nitrogens with zero attached hydrogens (tertiary/aromatic N) is 2. The minimum absolute atomic E-state index is 0.195. The zero-order chi connectivity index (χ0) is 16.4. The van der Waals surface area contributed by atoms with Gasteiger partial charge < -0.3 is 4.90 Å². The molecule has 1 atom stereocenters. The van der Waals surface area contributed by atoms with Gasteiger partial charge in [-0.1, -0.05) is 42.5 Å². The molecule has 1 aromatic heterocycles. The number of pyridine rings is 1. The Hall–Kier alpha value is -2.68. The van der Waals surface area contributed by atoms with Crippen LogP contribution in [0.25, 0.3) is 10.8 Å². The van der Waals surface area contributed by atoms with Crippen molar-refractivity contribution in [3.8, 4) is 0 Å². The van der Waals surface area contributed by atoms with Gasteiger partial charge in [-0.25, -0.2) is 0 Å². The molecule has 2 heterocycles. The van der Waals surface area contributed by atoms with E-state index in [9.17, 15) is 4.79 Å². The fourth-order valence-electron chi connectivity index (χ4n) is 3.62. The lowest BCUT2D eigenvalue weighted by Crippen LogP contribution is -2.31. The third-order valence-electron chi connectivity index (χ3n) is 4.83. The molecule has 120 valence electrons. The topological polar surface area (TPSA) is 33.2 Å². The van der Waals surface area contributed by atoms with Crippen LogP contribution in [-0.2, 0) is 11.2 Å². The molecule has 1 fully saturated rings. The molecule has 1 amide bonds. The second-order valence-electron chi connectivity index (χ2n) is 6.38. The van der Waals surface area contributed by atoms with Crippen molar-refractivity contribution < 1.29 is 4.79 Å². The van der Waals surface area contributed by atoms with Gasteiger partial charge in [-0.15, -0.1) is 0 Å². The molecule has 24 heavy (non-hydrogen) atoms. The Kier molecular flexibility index (Phi) is 3.99. The predicted molar refractivity (Wildman–Crippen MR) is 95.6 cm³/mol. The van der Waals surface area contributed by atoms with Crippen molar-refractivity contribution in [1.82, 2.24) is 9.88 Å². The lowest BCUT2D eigenvalue weighted by molar-refractivity contribution is -0.131. The van der Waals surface area contributed by atoms with E-state index < -0.39 is 0 Å². The van der Waals surface area contributed by atoms with Gasteiger partial charge in [0.1, 0.15) is 0 Å². The van der Waals surface area contributed by atoms with Crippen molar-refractivity contribution in [3.63, 3.8) is 0 Å². The molecule has 1 aliphatic heterocycles. The summed E-state index contributed by atoms with van der Waals surface area (Å²) in [5.41, 5.74) is 2.27. The second kappa shape index (κ2) is 6.44. The number of fused-ring (bicyclic) bond motifs is 1. The van der Waals surface area contributed by atoms with E-state index in [0.29, 0.717) is 6.42 Å². The Morgan fingerprint density at radius 3 is 2.67 bits per heavy atom. The largest absolute Gasteiger partial charge is 0.335 e. The van der Waals surface area contributed by atoms with Crippen LogP contribution in [0.4, 0.5) is 0 Å². The van der Waals surface area contributed by atoms with Gasteiger partial charge in [0, 0.05) is 18.9 Å². The number of carbonyl (C=O) groups excluding carboxylic acids is 1. The molecule has 1 aliphatic rings. The number of carbonyl (C=O) groups is 1. The van der Waals surface area contributed by atoms with E-state index in [1.165, 1.54) is 16.3 Å². The van der Waals surface area contributed by atoms with Gasteiger partial charge in [0.05, 0.1) is 12.5 Å². The Morgan fingerprint density at radius 2 is 1.83 bits per heavy atom. The van der Waals surface area contributed by atoms with Crippen molar-refractivity contribution in [1.29, 1.82) is 0 Å². The summed E-state index contributed by atoms with van der Waals surface area (Å²) in [6.45, 7) is 0.847. The van der Waals surface area contributed by atoms with Crippen LogP contribution < -0.4 is 0 Å². The van der Waals surface area contributed by atoms with E-state index in [0.717, 1.165) is 24.9 Å². The number of likely N-dealkylation sites (tertiary alicyclic amines) is 1. The zero-order valence-corrected chi connectivity index (χ0v) is 13.6. The van der Waals surface area contributed by atoms with Crippen molar-refractivity contribution in [2.24, 2.45) is 0 Å². The molecular formula is C21H20N2O. The number of rotatable bonds is 3. The van der Waals surface area contributed by atoms with Gasteiger partial charge in [0.2, 0.25) is 5.91 Å². The fourth-order valence-corrected chi connectivity index (χ4v) is 3.62. The van der Waals surface area contributed by atoms with E-state index in [4.69, 9.17) is 0 Å². The lowest BCUT2D eigenvalue weighted by atomic mass is 10.0. The molecule has 0 saturated carbocycles. The van der Waals surface area contributed by atoms with Gasteiger partial charge in [-0.3, -0.25) is 9.78 Å². The first kappa shape index (κ1) is 14.9. The van der Waals surface area contributed by atoms with Crippen molar-refractivity contribution in [2.75, 3.05) is 6.54 Å². The first-order chi connectivity index (χ1) is 11.8. The van der Waals surface area contributed by atoms with Crippen LogP contribution in [0.15, 0.2) is 67.0 Å². The molecule has 0 bridgehead atoms. The first-order valence-corrected chi connectivity index (χ1v) is 8.48. The average Bonchev–Trinajstić information content (AvgIpc) is 3.12. The number of amides is 1. The maximum Gasteiger partial charge on any atom is 0.227 e. The summed E-state index contributed by atoms with van der Waals surface area (Å²) in [4.78, 5) is 19.0. The summed E-state index contributed by atoms with van der Waals surface area (Å²) in [6.07, 6.45) is 6.18. The monoisotopic (exact) mass is 316 g/mol. The Morgan fingerprint density at radius 1 is 1.04 bits per heavy atom. The summed E-state index contributed by atoms with van der Waals surface area (Å²) in [5.74, 6) is 0.213. The minimum Gasteiger partial charge on any atom is -0.335 e. The standard InChI is InChI=1S/C21H20N2O/c24-21(15-16-7-8-17-4-1-2-5-19(17)14-16)23-13-3-6-20(23)18-9-11-22-12-10-18/h1-2,4-5,7-12,14,20H,3,6,13,15H2/t20-/m1/s1. The average molecular weight is 316 g/mol. The zero-order valence-electron chi connectivity index (χ0n) is 13.6. The van der Waals surface area contributed by atoms with Crippen LogP contribution in [0, 0.1) is 0 Å². The number of aromatic nitrogens is 1. The summed E-state index contributed by atoms with van der Waals surface area (Å²) in [6, 6.07) is 18.8. The minimum atomic E-state index is 0.195. The summed E-state index contributed by atoms with van der Waals surface area (Å²) < 4.78 is 0. The predicted octanol–water partition coefficient (Wildman–Crippen LogP) is 4.14. The van der Waals surface area contributed by atoms with Crippen molar-refractivity contribution in [3.05, 3.63) is 78.1 Å². The summed E-state index contributed by atoms with van der Waals surface area (Å²) in [5, 5.41) is 2.40. The lowest BCUT2D eigenvalue weighted by Gasteiger charge is -2.25. The highest BCUT2D eigenvalue weighted by Gasteiger charge is 2.29. The van der Waals surface area contributed by atoms with Gasteiger partial charge in [0.25, 0.3) is 0 Å². The molecule has 0 aliphatic carbocycles. The molecule has 4 rings (SSSR count). The van der Waals surface area contributed by atoms with Crippen LogP contribution in [0.5, 0.6) is 0 Å². The van der Waals surface area contributed by atoms with Gasteiger partial charge in [-0.2, -0.15) is 0 Å². The number of hydrogen-bond donors (Lipinski definition) is 0. The number of benzene rings is 2. The molecule has 0 unspecified atom stereocenters. The van der Waals surface area contributed by atoms with Crippen LogP contribution in [0.2, 0.25) is 0 Å². The molecule has 3 nitrogen and oxygen atoms in total. The molecule has 0 radical (unpaired) electrons. The maximum atomic E-state index is 12.8. The second-order valence-corrected chi connectivity index (χ2v) is 6.38. The molecule has 0 N–H and O–H groups in total. The van der Waals surface area contributed by atoms with Gasteiger partial charge in [-0.05, 0) is 46.9 Å². The highest BCUT2D eigenvalue weighted by Crippen LogP contribution is 2.32. The Labute approximate surface area is 141 Å². The molecular weight excluding hydrogens is 296 g/mol. The molecule has 1 saturated heterocycles. The van der Waals surface area contributed by atoms with E-state index >= 15 is 0 Å². The molecule has 0 spiro atoms.